The molecule has 2 aromatic rings. The zero-order chi connectivity index (χ0) is 14.8. The van der Waals surface area contributed by atoms with E-state index in [1.807, 2.05) is 12.1 Å². The maximum absolute atomic E-state index is 13.6. The van der Waals surface area contributed by atoms with Crippen molar-refractivity contribution in [1.82, 2.24) is 5.32 Å². The van der Waals surface area contributed by atoms with Crippen LogP contribution in [0.4, 0.5) is 15.8 Å². The van der Waals surface area contributed by atoms with Crippen LogP contribution < -0.4 is 10.2 Å². The Morgan fingerprint density at radius 1 is 1.14 bits per heavy atom. The first-order valence-electron chi connectivity index (χ1n) is 7.52. The Bertz CT molecular complexity index is 637. The Hall–Kier alpha value is -1.87. The molecule has 0 saturated carbocycles. The van der Waals surface area contributed by atoms with Crippen LogP contribution in [0, 0.1) is 5.82 Å². The number of benzene rings is 2. The lowest BCUT2D eigenvalue weighted by molar-refractivity contribution is 0.589. The van der Waals surface area contributed by atoms with Crippen LogP contribution in [0.1, 0.15) is 25.0 Å². The van der Waals surface area contributed by atoms with E-state index in [1.165, 1.54) is 16.8 Å². The van der Waals surface area contributed by atoms with E-state index in [4.69, 9.17) is 0 Å². The van der Waals surface area contributed by atoms with Gasteiger partial charge in [-0.2, -0.15) is 0 Å². The van der Waals surface area contributed by atoms with E-state index in [9.17, 15) is 4.39 Å². The van der Waals surface area contributed by atoms with Gasteiger partial charge in [0.05, 0.1) is 0 Å². The van der Waals surface area contributed by atoms with Crippen LogP contribution in [0.25, 0.3) is 0 Å². The second-order valence-electron chi connectivity index (χ2n) is 5.84. The van der Waals surface area contributed by atoms with Gasteiger partial charge in [0.15, 0.2) is 0 Å². The molecule has 21 heavy (non-hydrogen) atoms. The summed E-state index contributed by atoms with van der Waals surface area (Å²) in [5.74, 6) is -0.168. The van der Waals surface area contributed by atoms with Gasteiger partial charge in [-0.25, -0.2) is 4.39 Å². The summed E-state index contributed by atoms with van der Waals surface area (Å²) in [4.78, 5) is 2.23. The van der Waals surface area contributed by atoms with Crippen molar-refractivity contribution >= 4 is 11.4 Å². The Labute approximate surface area is 125 Å². The highest BCUT2D eigenvalue weighted by Crippen LogP contribution is 2.36. The van der Waals surface area contributed by atoms with Crippen molar-refractivity contribution in [3.63, 3.8) is 0 Å². The highest BCUT2D eigenvalue weighted by atomic mass is 19.1. The van der Waals surface area contributed by atoms with Crippen LogP contribution in [0.15, 0.2) is 42.5 Å². The zero-order valence-electron chi connectivity index (χ0n) is 12.6. The molecule has 0 atom stereocenters. The molecule has 2 aromatic carbocycles. The van der Waals surface area contributed by atoms with Gasteiger partial charge in [0.2, 0.25) is 0 Å². The van der Waals surface area contributed by atoms with E-state index in [0.29, 0.717) is 6.04 Å². The normalized spacial score (nSPS) is 13.8. The molecule has 0 radical (unpaired) electrons. The molecule has 0 aliphatic carbocycles. The Morgan fingerprint density at radius 3 is 2.76 bits per heavy atom. The molecule has 110 valence electrons. The van der Waals surface area contributed by atoms with Crippen molar-refractivity contribution in [3.05, 3.63) is 59.4 Å². The minimum atomic E-state index is -0.168. The third kappa shape index (κ3) is 2.93. The van der Waals surface area contributed by atoms with E-state index in [2.05, 4.69) is 42.3 Å². The fraction of sp³-hybridized carbons (Fsp3) is 0.333. The molecule has 0 saturated heterocycles. The van der Waals surface area contributed by atoms with Crippen LogP contribution in [0.5, 0.6) is 0 Å². The van der Waals surface area contributed by atoms with Crippen LogP contribution in [-0.4, -0.2) is 12.6 Å². The first-order chi connectivity index (χ1) is 10.1. The molecule has 0 bridgehead atoms. The minimum absolute atomic E-state index is 0.168. The van der Waals surface area contributed by atoms with Gasteiger partial charge in [0.1, 0.15) is 5.82 Å². The quantitative estimate of drug-likeness (QED) is 0.912. The summed E-state index contributed by atoms with van der Waals surface area (Å²) in [6.45, 7) is 6.03. The third-order valence-corrected chi connectivity index (χ3v) is 3.93. The number of hydrogen-bond acceptors (Lipinski definition) is 2. The maximum atomic E-state index is 13.6. The summed E-state index contributed by atoms with van der Waals surface area (Å²) in [6, 6.07) is 13.9. The van der Waals surface area contributed by atoms with E-state index in [0.717, 1.165) is 25.2 Å². The molecule has 2 nitrogen and oxygen atoms in total. The number of hydrogen-bond donors (Lipinski definition) is 1. The molecule has 0 aromatic heterocycles. The van der Waals surface area contributed by atoms with E-state index >= 15 is 0 Å². The number of halogens is 1. The Morgan fingerprint density at radius 2 is 1.95 bits per heavy atom. The topological polar surface area (TPSA) is 15.3 Å². The summed E-state index contributed by atoms with van der Waals surface area (Å²) >= 11 is 0. The molecule has 1 heterocycles. The maximum Gasteiger partial charge on any atom is 0.125 e. The number of nitrogens with one attached hydrogen (secondary N) is 1. The van der Waals surface area contributed by atoms with Gasteiger partial charge in [0.25, 0.3) is 0 Å². The molecular weight excluding hydrogens is 263 g/mol. The first kappa shape index (κ1) is 14.1. The van der Waals surface area contributed by atoms with Crippen LogP contribution in [-0.2, 0) is 13.0 Å². The molecular formula is C18H21FN2. The number of anilines is 2. The van der Waals surface area contributed by atoms with Crippen molar-refractivity contribution in [3.8, 4) is 0 Å². The average Bonchev–Trinajstić information content (AvgIpc) is 2.88. The van der Waals surface area contributed by atoms with E-state index < -0.39 is 0 Å². The summed E-state index contributed by atoms with van der Waals surface area (Å²) in [6.07, 6.45) is 0.974. The fourth-order valence-electron chi connectivity index (χ4n) is 2.84. The van der Waals surface area contributed by atoms with Gasteiger partial charge in [-0.1, -0.05) is 38.1 Å². The van der Waals surface area contributed by atoms with Crippen LogP contribution in [0.3, 0.4) is 0 Å². The van der Waals surface area contributed by atoms with Crippen LogP contribution in [0.2, 0.25) is 0 Å². The Balaban J connectivity index is 1.94. The predicted octanol–water partition coefficient (Wildman–Crippen LogP) is 4.02. The summed E-state index contributed by atoms with van der Waals surface area (Å²) in [5.41, 5.74) is 4.66. The van der Waals surface area contributed by atoms with Gasteiger partial charge in [-0.05, 0) is 35.7 Å². The average molecular weight is 284 g/mol. The number of fused-ring (bicyclic) bond motifs is 1. The van der Waals surface area contributed by atoms with Gasteiger partial charge in [-0.15, -0.1) is 0 Å². The lowest BCUT2D eigenvalue weighted by Gasteiger charge is -2.23. The summed E-state index contributed by atoms with van der Waals surface area (Å²) in [7, 11) is 0. The van der Waals surface area contributed by atoms with E-state index in [1.54, 1.807) is 12.1 Å². The minimum Gasteiger partial charge on any atom is -0.341 e. The second-order valence-corrected chi connectivity index (χ2v) is 5.84. The molecule has 0 spiro atoms. The van der Waals surface area contributed by atoms with Crippen molar-refractivity contribution in [2.75, 3.05) is 11.4 Å². The van der Waals surface area contributed by atoms with Crippen molar-refractivity contribution in [2.24, 2.45) is 0 Å². The van der Waals surface area contributed by atoms with Gasteiger partial charge in [-0.3, -0.25) is 0 Å². The monoisotopic (exact) mass is 284 g/mol. The standard InChI is InChI=1S/C18H21FN2/c1-13(2)20-12-15-5-3-4-6-17(15)21-10-9-14-7-8-16(19)11-18(14)21/h3-8,11,13,20H,9-10,12H2,1-2H3. The highest BCUT2D eigenvalue weighted by Gasteiger charge is 2.22. The fourth-order valence-corrected chi connectivity index (χ4v) is 2.84. The van der Waals surface area contributed by atoms with Gasteiger partial charge in [0, 0.05) is 30.5 Å². The molecule has 3 rings (SSSR count). The lowest BCUT2D eigenvalue weighted by atomic mass is 10.1. The molecule has 1 aliphatic heterocycles. The molecule has 0 amide bonds. The summed E-state index contributed by atoms with van der Waals surface area (Å²) < 4.78 is 13.6. The molecule has 1 aliphatic rings. The molecule has 1 N–H and O–H groups in total. The van der Waals surface area contributed by atoms with E-state index in [-0.39, 0.29) is 5.82 Å². The molecule has 0 fully saturated rings. The van der Waals surface area contributed by atoms with Gasteiger partial charge >= 0.3 is 0 Å². The van der Waals surface area contributed by atoms with Gasteiger partial charge < -0.3 is 10.2 Å². The number of rotatable bonds is 4. The van der Waals surface area contributed by atoms with Crippen molar-refractivity contribution < 1.29 is 4.39 Å². The predicted molar refractivity (Wildman–Crippen MR) is 85.5 cm³/mol. The first-order valence-corrected chi connectivity index (χ1v) is 7.52. The molecule has 0 unspecified atom stereocenters. The van der Waals surface area contributed by atoms with Crippen molar-refractivity contribution in [1.29, 1.82) is 0 Å². The highest BCUT2D eigenvalue weighted by molar-refractivity contribution is 5.72. The lowest BCUT2D eigenvalue weighted by Crippen LogP contribution is -2.24. The van der Waals surface area contributed by atoms with Crippen LogP contribution >= 0.6 is 0 Å². The second kappa shape index (κ2) is 5.86. The largest absolute Gasteiger partial charge is 0.341 e. The molecule has 3 heteroatoms. The third-order valence-electron chi connectivity index (χ3n) is 3.93. The Kier molecular flexibility index (Phi) is 3.93. The zero-order valence-corrected chi connectivity index (χ0v) is 12.6. The summed E-state index contributed by atoms with van der Waals surface area (Å²) in [5, 5.41) is 3.46. The van der Waals surface area contributed by atoms with Crippen molar-refractivity contribution in [2.45, 2.75) is 32.9 Å². The smallest absolute Gasteiger partial charge is 0.125 e. The number of para-hydroxylation sites is 1. The SMILES string of the molecule is CC(C)NCc1ccccc1N1CCc2ccc(F)cc21. The number of nitrogens with zero attached hydrogens (tertiary/aromatic N) is 1.